The first kappa shape index (κ1) is 33.9. The topological polar surface area (TPSA) is 184 Å². The minimum Gasteiger partial charge on any atom is -0.508 e. The Morgan fingerprint density at radius 2 is 0.792 bits per heavy atom. The predicted molar refractivity (Wildman–Crippen MR) is 182 cm³/mol. The van der Waals surface area contributed by atoms with E-state index in [9.17, 15) is 25.5 Å². The highest BCUT2D eigenvalue weighted by Gasteiger charge is 2.43. The molecule has 0 aliphatic heterocycles. The van der Waals surface area contributed by atoms with E-state index in [1.165, 1.54) is 109 Å². The van der Waals surface area contributed by atoms with Crippen molar-refractivity contribution in [1.29, 1.82) is 0 Å². The van der Waals surface area contributed by atoms with E-state index in [1.54, 1.807) is 19.1 Å². The highest BCUT2D eigenvalue weighted by Crippen LogP contribution is 2.62. The lowest BCUT2D eigenvalue weighted by molar-refractivity contribution is 0.457. The van der Waals surface area contributed by atoms with Gasteiger partial charge < -0.3 is 34.6 Å². The number of hydrogen-bond donors (Lipinski definition) is 5. The van der Waals surface area contributed by atoms with Gasteiger partial charge in [-0.3, -0.25) is 0 Å². The predicted octanol–water partition coefficient (Wildman–Crippen LogP) is 9.87. The third kappa shape index (κ3) is 10.0. The Morgan fingerprint density at radius 3 is 1.12 bits per heavy atom. The van der Waals surface area contributed by atoms with Crippen molar-refractivity contribution < 1.29 is 48.2 Å². The number of hydrogen-bond acceptors (Lipinski definition) is 11. The van der Waals surface area contributed by atoms with Crippen LogP contribution in [0.5, 0.6) is 57.5 Å². The molecule has 5 aromatic carbocycles. The van der Waals surface area contributed by atoms with E-state index in [4.69, 9.17) is 31.6 Å². The van der Waals surface area contributed by atoms with Crippen LogP contribution in [0.25, 0.3) is 0 Å². The van der Waals surface area contributed by atoms with Crippen molar-refractivity contribution in [2.24, 2.45) is 13.8 Å². The Labute approximate surface area is 277 Å². The molecule has 1 unspecified atom stereocenters. The van der Waals surface area contributed by atoms with Gasteiger partial charge in [0.2, 0.25) is 0 Å². The van der Waals surface area contributed by atoms with Crippen LogP contribution in [0.15, 0.2) is 135 Å². The van der Waals surface area contributed by atoms with E-state index in [1.807, 2.05) is 0 Å². The van der Waals surface area contributed by atoms with Crippen molar-refractivity contribution in [3.05, 3.63) is 121 Å². The van der Waals surface area contributed by atoms with Gasteiger partial charge in [0, 0.05) is 0 Å². The molecule has 5 N–H and O–H groups in total. The first-order valence-corrected chi connectivity index (χ1v) is 18.0. The SMILES string of the molecule is CCN=[P+](N=P(N=[P+](Oc1ccc(O)cc1)Oc1ccc(O)cc1)(Oc1ccc(O)cc1)Oc1ccc(O)cc1)Oc1ccc(O)cc1. The summed E-state index contributed by atoms with van der Waals surface area (Å²) in [5.74, 6) is 1.43. The average Bonchev–Trinajstić information content (AvgIpc) is 3.06. The van der Waals surface area contributed by atoms with Crippen LogP contribution in [0.2, 0.25) is 0 Å². The van der Waals surface area contributed by atoms with Gasteiger partial charge in [0.1, 0.15) is 40.2 Å². The van der Waals surface area contributed by atoms with E-state index < -0.39 is 23.9 Å². The lowest BCUT2D eigenvalue weighted by atomic mass is 10.3. The van der Waals surface area contributed by atoms with E-state index >= 15 is 0 Å². The smallest absolute Gasteiger partial charge is 0.508 e. The molecule has 0 fully saturated rings. The van der Waals surface area contributed by atoms with Crippen molar-refractivity contribution in [3.8, 4) is 57.5 Å². The second kappa shape index (κ2) is 15.9. The summed E-state index contributed by atoms with van der Waals surface area (Å²) in [5.41, 5.74) is 0. The molecule has 0 radical (unpaired) electrons. The second-order valence-electron chi connectivity index (χ2n) is 9.54. The molecule has 0 aliphatic rings. The molecule has 0 aromatic heterocycles. The van der Waals surface area contributed by atoms with Gasteiger partial charge in [-0.05, 0) is 133 Å². The summed E-state index contributed by atoms with van der Waals surface area (Å²) in [7, 11) is -8.49. The molecule has 5 rings (SSSR count). The largest absolute Gasteiger partial charge is 0.680 e. The number of nitrogens with zero attached hydrogens (tertiary/aromatic N) is 3. The van der Waals surface area contributed by atoms with Gasteiger partial charge in [-0.15, -0.1) is 0 Å². The van der Waals surface area contributed by atoms with Crippen molar-refractivity contribution in [2.45, 2.75) is 6.92 Å². The average molecular weight is 710 g/mol. The fourth-order valence-corrected chi connectivity index (χ4v) is 8.94. The molecule has 5 aromatic rings. The zero-order valence-electron chi connectivity index (χ0n) is 25.2. The molecule has 0 heterocycles. The van der Waals surface area contributed by atoms with Crippen LogP contribution in [0, 0.1) is 0 Å². The number of benzene rings is 5. The van der Waals surface area contributed by atoms with Gasteiger partial charge in [-0.25, -0.2) is 13.6 Å². The quantitative estimate of drug-likeness (QED) is 0.0737. The fraction of sp³-hybridized carbons (Fsp3) is 0.0625. The van der Waals surface area contributed by atoms with Gasteiger partial charge in [0.25, 0.3) is 0 Å². The Morgan fingerprint density at radius 1 is 0.479 bits per heavy atom. The third-order valence-electron chi connectivity index (χ3n) is 5.82. The van der Waals surface area contributed by atoms with Crippen molar-refractivity contribution >= 4 is 23.9 Å². The summed E-state index contributed by atoms with van der Waals surface area (Å²) in [6.45, 7) is 2.10. The minimum atomic E-state index is -4.02. The molecule has 0 saturated heterocycles. The molecule has 0 amide bonds. The van der Waals surface area contributed by atoms with E-state index in [0.717, 1.165) is 0 Å². The maximum absolute atomic E-state index is 9.96. The van der Waals surface area contributed by atoms with Gasteiger partial charge in [0.15, 0.2) is 17.2 Å². The molecule has 246 valence electrons. The Hall–Kier alpha value is -5.47. The number of phenols is 5. The van der Waals surface area contributed by atoms with Crippen molar-refractivity contribution in [3.63, 3.8) is 0 Å². The highest BCUT2D eigenvalue weighted by atomic mass is 31.2. The second-order valence-corrected chi connectivity index (χ2v) is 14.1. The van der Waals surface area contributed by atoms with Crippen LogP contribution in [0.1, 0.15) is 6.92 Å². The van der Waals surface area contributed by atoms with Crippen LogP contribution < -0.4 is 22.6 Å². The Balaban J connectivity index is 1.73. The summed E-state index contributed by atoms with van der Waals surface area (Å²) < 4.78 is 45.7. The first-order valence-electron chi connectivity index (χ1n) is 14.2. The molecule has 48 heavy (non-hydrogen) atoms. The Kier molecular flexibility index (Phi) is 11.2. The van der Waals surface area contributed by atoms with Crippen LogP contribution in [-0.2, 0) is 0 Å². The molecular weight excluding hydrogens is 679 g/mol. The normalized spacial score (nSPS) is 11.2. The van der Waals surface area contributed by atoms with Gasteiger partial charge in [-0.1, -0.05) is 0 Å². The first-order chi connectivity index (χ1) is 23.2. The van der Waals surface area contributed by atoms with Crippen LogP contribution in [-0.4, -0.2) is 32.1 Å². The summed E-state index contributed by atoms with van der Waals surface area (Å²) in [6.07, 6.45) is 0. The zero-order valence-corrected chi connectivity index (χ0v) is 27.9. The zero-order chi connectivity index (χ0) is 33.9. The molecule has 13 nitrogen and oxygen atoms in total. The molecular formula is C32H30N3O10P3+2. The minimum absolute atomic E-state index is 0.00732. The molecule has 1 atom stereocenters. The maximum Gasteiger partial charge on any atom is 0.680 e. The van der Waals surface area contributed by atoms with E-state index in [-0.39, 0.29) is 51.7 Å². The summed E-state index contributed by atoms with van der Waals surface area (Å²) in [4.78, 5) is 0. The molecule has 0 bridgehead atoms. The lowest BCUT2D eigenvalue weighted by Gasteiger charge is -2.16. The molecule has 16 heteroatoms. The lowest BCUT2D eigenvalue weighted by Crippen LogP contribution is -2.01. The maximum atomic E-state index is 9.96. The van der Waals surface area contributed by atoms with Crippen LogP contribution in [0.4, 0.5) is 0 Å². The van der Waals surface area contributed by atoms with Crippen molar-refractivity contribution in [1.82, 2.24) is 0 Å². The molecule has 0 spiro atoms. The number of rotatable bonds is 13. The summed E-state index contributed by atoms with van der Waals surface area (Å²) in [5, 5.41) is 49.4. The molecule has 0 aliphatic carbocycles. The van der Waals surface area contributed by atoms with Gasteiger partial charge >= 0.3 is 23.9 Å². The van der Waals surface area contributed by atoms with E-state index in [2.05, 4.69) is 4.74 Å². The number of phenolic OH excluding ortho intramolecular Hbond substituents is 5. The Bertz CT molecular complexity index is 1820. The van der Waals surface area contributed by atoms with E-state index in [0.29, 0.717) is 12.3 Å². The van der Waals surface area contributed by atoms with Gasteiger partial charge in [-0.2, -0.15) is 0 Å². The summed E-state index contributed by atoms with van der Waals surface area (Å²) >= 11 is 0. The number of aromatic hydroxyl groups is 5. The van der Waals surface area contributed by atoms with Crippen molar-refractivity contribution in [2.75, 3.05) is 6.54 Å². The van der Waals surface area contributed by atoms with Crippen LogP contribution >= 0.6 is 23.9 Å². The molecule has 0 saturated carbocycles. The van der Waals surface area contributed by atoms with Gasteiger partial charge in [0.05, 0.1) is 15.6 Å². The highest BCUT2D eigenvalue weighted by molar-refractivity contribution is 7.66. The summed E-state index contributed by atoms with van der Waals surface area (Å²) in [6, 6.07) is 29.5. The standard InChI is InChI=1S/C32H28N3O10P3/c1-2-33-46(41-28-13-3-23(36)4-14-28)34-48(44-31-19-9-26(39)10-20-31,45-32-21-11-27(40)12-22-32)35-47(42-29-15-5-24(37)6-16-29)43-30-17-7-25(38)8-18-30/h3-22H,2H2,1H3,(H3-2,36,37,38,39,40)/p+2. The monoisotopic (exact) mass is 709 g/mol. The fourth-order valence-electron chi connectivity index (χ4n) is 3.63. The van der Waals surface area contributed by atoms with Crippen LogP contribution in [0.3, 0.4) is 0 Å². The third-order valence-corrected chi connectivity index (χ3v) is 11.4.